The van der Waals surface area contributed by atoms with Crippen LogP contribution in [0.25, 0.3) is 0 Å². The first-order valence-electron chi connectivity index (χ1n) is 6.56. The fourth-order valence-corrected chi connectivity index (χ4v) is 2.30. The van der Waals surface area contributed by atoms with Crippen LogP contribution in [0.15, 0.2) is 48.5 Å². The normalized spacial score (nSPS) is 12.2. The van der Waals surface area contributed by atoms with Crippen molar-refractivity contribution in [2.75, 3.05) is 12.4 Å². The molecule has 0 aromatic heterocycles. The van der Waals surface area contributed by atoms with Crippen LogP contribution >= 0.6 is 12.6 Å². The van der Waals surface area contributed by atoms with Gasteiger partial charge in [-0.3, -0.25) is 0 Å². The van der Waals surface area contributed by atoms with E-state index in [1.54, 1.807) is 0 Å². The van der Waals surface area contributed by atoms with E-state index in [0.717, 1.165) is 11.5 Å². The summed E-state index contributed by atoms with van der Waals surface area (Å²) in [5, 5.41) is 0. The molecule has 0 saturated heterocycles. The van der Waals surface area contributed by atoms with Crippen molar-refractivity contribution in [2.24, 2.45) is 0 Å². The summed E-state index contributed by atoms with van der Waals surface area (Å²) in [7, 11) is 0. The van der Waals surface area contributed by atoms with Crippen LogP contribution in [0.5, 0.6) is 5.75 Å². The topological polar surface area (TPSA) is 9.23 Å². The van der Waals surface area contributed by atoms with Crippen LogP contribution in [0.3, 0.4) is 0 Å². The van der Waals surface area contributed by atoms with E-state index in [1.807, 2.05) is 12.1 Å². The van der Waals surface area contributed by atoms with E-state index in [-0.39, 0.29) is 0 Å². The van der Waals surface area contributed by atoms with Crippen LogP contribution in [0.1, 0.15) is 22.6 Å². The molecular weight excluding hydrogens is 252 g/mol. The Morgan fingerprint density at radius 1 is 1.00 bits per heavy atom. The molecule has 2 aromatic carbocycles. The summed E-state index contributed by atoms with van der Waals surface area (Å²) in [5.74, 6) is 2.05. The number of aryl methyl sites for hydroxylation is 2. The van der Waals surface area contributed by atoms with E-state index in [0.29, 0.717) is 12.5 Å². The summed E-state index contributed by atoms with van der Waals surface area (Å²) in [6.07, 6.45) is 0. The number of hydrogen-bond donors (Lipinski definition) is 1. The molecular formula is C17H20OS. The fourth-order valence-electron chi connectivity index (χ4n) is 1.98. The van der Waals surface area contributed by atoms with Gasteiger partial charge in [-0.1, -0.05) is 36.4 Å². The Balaban J connectivity index is 2.02. The average molecular weight is 272 g/mol. The number of benzene rings is 2. The van der Waals surface area contributed by atoms with Crippen molar-refractivity contribution in [1.29, 1.82) is 0 Å². The van der Waals surface area contributed by atoms with E-state index < -0.39 is 0 Å². The first-order chi connectivity index (χ1) is 9.20. The van der Waals surface area contributed by atoms with Gasteiger partial charge in [0.2, 0.25) is 0 Å². The predicted molar refractivity (Wildman–Crippen MR) is 84.4 cm³/mol. The van der Waals surface area contributed by atoms with Crippen LogP contribution in [-0.4, -0.2) is 12.4 Å². The Bertz CT molecular complexity index is 522. The van der Waals surface area contributed by atoms with Crippen LogP contribution in [0, 0.1) is 13.8 Å². The average Bonchev–Trinajstić information content (AvgIpc) is 2.44. The van der Waals surface area contributed by atoms with Gasteiger partial charge >= 0.3 is 0 Å². The maximum absolute atomic E-state index is 5.90. The lowest BCUT2D eigenvalue weighted by molar-refractivity contribution is 0.297. The SMILES string of the molecule is Cc1ccc(OCC(CS)c2ccccc2)cc1C. The Labute approximate surface area is 121 Å². The van der Waals surface area contributed by atoms with Crippen molar-refractivity contribution in [3.8, 4) is 5.75 Å². The number of rotatable bonds is 5. The van der Waals surface area contributed by atoms with Gasteiger partial charge in [0.1, 0.15) is 5.75 Å². The summed E-state index contributed by atoms with van der Waals surface area (Å²) >= 11 is 4.43. The van der Waals surface area contributed by atoms with Crippen LogP contribution in [0.4, 0.5) is 0 Å². The van der Waals surface area contributed by atoms with Gasteiger partial charge in [-0.2, -0.15) is 12.6 Å². The molecule has 19 heavy (non-hydrogen) atoms. The third-order valence-electron chi connectivity index (χ3n) is 3.42. The predicted octanol–water partition coefficient (Wildman–Crippen LogP) is 4.40. The van der Waals surface area contributed by atoms with E-state index in [9.17, 15) is 0 Å². The van der Waals surface area contributed by atoms with Crippen molar-refractivity contribution < 1.29 is 4.74 Å². The third-order valence-corrected chi connectivity index (χ3v) is 3.86. The zero-order chi connectivity index (χ0) is 13.7. The van der Waals surface area contributed by atoms with Crippen molar-refractivity contribution in [3.63, 3.8) is 0 Å². The summed E-state index contributed by atoms with van der Waals surface area (Å²) in [6.45, 7) is 4.88. The first kappa shape index (κ1) is 14.0. The maximum atomic E-state index is 5.90. The van der Waals surface area contributed by atoms with E-state index in [4.69, 9.17) is 4.74 Å². The lowest BCUT2D eigenvalue weighted by Crippen LogP contribution is -2.12. The minimum Gasteiger partial charge on any atom is -0.493 e. The molecule has 1 unspecified atom stereocenters. The molecule has 0 aliphatic heterocycles. The second kappa shape index (κ2) is 6.67. The number of hydrogen-bond acceptors (Lipinski definition) is 2. The van der Waals surface area contributed by atoms with E-state index in [1.165, 1.54) is 16.7 Å². The smallest absolute Gasteiger partial charge is 0.119 e. The van der Waals surface area contributed by atoms with Crippen LogP contribution in [-0.2, 0) is 0 Å². The standard InChI is InChI=1S/C17H20OS/c1-13-8-9-17(10-14(13)2)18-11-16(12-19)15-6-4-3-5-7-15/h3-10,16,19H,11-12H2,1-2H3. The summed E-state index contributed by atoms with van der Waals surface area (Å²) in [4.78, 5) is 0. The highest BCUT2D eigenvalue weighted by atomic mass is 32.1. The highest BCUT2D eigenvalue weighted by Crippen LogP contribution is 2.21. The summed E-state index contributed by atoms with van der Waals surface area (Å²) < 4.78 is 5.90. The van der Waals surface area contributed by atoms with E-state index >= 15 is 0 Å². The molecule has 1 atom stereocenters. The van der Waals surface area contributed by atoms with E-state index in [2.05, 4.69) is 62.9 Å². The first-order valence-corrected chi connectivity index (χ1v) is 7.20. The monoisotopic (exact) mass is 272 g/mol. The van der Waals surface area contributed by atoms with Gasteiger partial charge in [0.15, 0.2) is 0 Å². The number of thiol groups is 1. The van der Waals surface area contributed by atoms with Crippen molar-refractivity contribution in [1.82, 2.24) is 0 Å². The molecule has 0 bridgehead atoms. The Hall–Kier alpha value is -1.41. The molecule has 0 fully saturated rings. The Kier molecular flexibility index (Phi) is 4.92. The summed E-state index contributed by atoms with van der Waals surface area (Å²) in [5.41, 5.74) is 3.84. The lowest BCUT2D eigenvalue weighted by atomic mass is 10.0. The molecule has 0 heterocycles. The number of ether oxygens (including phenoxy) is 1. The molecule has 0 saturated carbocycles. The Morgan fingerprint density at radius 3 is 2.37 bits per heavy atom. The highest BCUT2D eigenvalue weighted by molar-refractivity contribution is 7.80. The molecule has 100 valence electrons. The van der Waals surface area contributed by atoms with Crippen molar-refractivity contribution >= 4 is 12.6 Å². The molecule has 2 heteroatoms. The molecule has 0 spiro atoms. The zero-order valence-electron chi connectivity index (χ0n) is 11.5. The molecule has 0 amide bonds. The molecule has 2 aromatic rings. The minimum absolute atomic E-state index is 0.325. The molecule has 0 N–H and O–H groups in total. The fraction of sp³-hybridized carbons (Fsp3) is 0.294. The largest absolute Gasteiger partial charge is 0.493 e. The van der Waals surface area contributed by atoms with Gasteiger partial charge in [0.25, 0.3) is 0 Å². The van der Waals surface area contributed by atoms with Crippen molar-refractivity contribution in [3.05, 3.63) is 65.2 Å². The second-order valence-corrected chi connectivity index (χ2v) is 5.21. The van der Waals surface area contributed by atoms with Crippen LogP contribution in [0.2, 0.25) is 0 Å². The maximum Gasteiger partial charge on any atom is 0.119 e. The molecule has 0 radical (unpaired) electrons. The van der Waals surface area contributed by atoms with Gasteiger partial charge in [-0.25, -0.2) is 0 Å². The molecule has 0 aliphatic rings. The van der Waals surface area contributed by atoms with Gasteiger partial charge in [-0.15, -0.1) is 0 Å². The minimum atomic E-state index is 0.325. The lowest BCUT2D eigenvalue weighted by Gasteiger charge is -2.16. The van der Waals surface area contributed by atoms with Crippen LogP contribution < -0.4 is 4.74 Å². The van der Waals surface area contributed by atoms with Gasteiger partial charge < -0.3 is 4.74 Å². The quantitative estimate of drug-likeness (QED) is 0.794. The summed E-state index contributed by atoms with van der Waals surface area (Å²) in [6, 6.07) is 16.6. The molecule has 2 rings (SSSR count). The molecule has 0 aliphatic carbocycles. The zero-order valence-corrected chi connectivity index (χ0v) is 12.4. The second-order valence-electron chi connectivity index (χ2n) is 4.85. The molecule has 1 nitrogen and oxygen atoms in total. The highest BCUT2D eigenvalue weighted by Gasteiger charge is 2.10. The van der Waals surface area contributed by atoms with Crippen molar-refractivity contribution in [2.45, 2.75) is 19.8 Å². The Morgan fingerprint density at radius 2 is 1.74 bits per heavy atom. The van der Waals surface area contributed by atoms with Gasteiger partial charge in [0.05, 0.1) is 6.61 Å². The third kappa shape index (κ3) is 3.77. The van der Waals surface area contributed by atoms with Gasteiger partial charge in [-0.05, 0) is 42.7 Å². The van der Waals surface area contributed by atoms with Gasteiger partial charge in [0, 0.05) is 11.7 Å².